The maximum Gasteiger partial charge on any atom is 0.0800 e. The van der Waals surface area contributed by atoms with Crippen LogP contribution >= 0.6 is 11.5 Å². The number of nitrogens with zero attached hydrogens (tertiary/aromatic N) is 2. The summed E-state index contributed by atoms with van der Waals surface area (Å²) in [6, 6.07) is 0.172. The van der Waals surface area contributed by atoms with Crippen molar-refractivity contribution < 1.29 is 0 Å². The number of hydrogen-bond donors (Lipinski definition) is 1. The Kier molecular flexibility index (Phi) is 3.13. The van der Waals surface area contributed by atoms with Gasteiger partial charge in [0.15, 0.2) is 0 Å². The molecule has 0 radical (unpaired) electrons. The average Bonchev–Trinajstić information content (AvgIpc) is 2.90. The van der Waals surface area contributed by atoms with E-state index >= 15 is 0 Å². The number of aryl methyl sites for hydroxylation is 1. The van der Waals surface area contributed by atoms with E-state index in [1.165, 1.54) is 35.7 Å². The fourth-order valence-corrected chi connectivity index (χ4v) is 2.47. The van der Waals surface area contributed by atoms with Crippen molar-refractivity contribution in [2.45, 2.75) is 45.1 Å². The van der Waals surface area contributed by atoms with Gasteiger partial charge < -0.3 is 5.73 Å². The van der Waals surface area contributed by atoms with Crippen molar-refractivity contribution in [3.05, 3.63) is 10.6 Å². The predicted molar refractivity (Wildman–Crippen MR) is 58.2 cm³/mol. The molecule has 78 valence electrons. The highest BCUT2D eigenvalue weighted by molar-refractivity contribution is 7.05. The molecule has 1 unspecified atom stereocenters. The van der Waals surface area contributed by atoms with Gasteiger partial charge in [-0.25, -0.2) is 0 Å². The molecule has 3 nitrogen and oxygen atoms in total. The SMILES string of the molecule is CCc1nnsc1C(N)CCC1CC1. The average molecular weight is 211 g/mol. The molecule has 1 heterocycles. The van der Waals surface area contributed by atoms with Gasteiger partial charge in [-0.15, -0.1) is 5.10 Å². The second-order valence-electron chi connectivity index (χ2n) is 4.06. The van der Waals surface area contributed by atoms with Crippen molar-refractivity contribution in [2.75, 3.05) is 0 Å². The first kappa shape index (κ1) is 10.1. The summed E-state index contributed by atoms with van der Waals surface area (Å²) in [5.74, 6) is 0.965. The van der Waals surface area contributed by atoms with E-state index in [-0.39, 0.29) is 6.04 Å². The first-order valence-electron chi connectivity index (χ1n) is 5.38. The molecule has 1 saturated carbocycles. The normalized spacial score (nSPS) is 18.4. The number of hydrogen-bond acceptors (Lipinski definition) is 4. The molecule has 1 atom stereocenters. The Labute approximate surface area is 88.9 Å². The maximum absolute atomic E-state index is 6.12. The topological polar surface area (TPSA) is 51.8 Å². The summed E-state index contributed by atoms with van der Waals surface area (Å²) in [5.41, 5.74) is 7.22. The van der Waals surface area contributed by atoms with Crippen LogP contribution in [-0.4, -0.2) is 9.59 Å². The van der Waals surface area contributed by atoms with E-state index in [4.69, 9.17) is 5.73 Å². The van der Waals surface area contributed by atoms with E-state index in [1.54, 1.807) is 0 Å². The zero-order valence-electron chi connectivity index (χ0n) is 8.57. The van der Waals surface area contributed by atoms with Gasteiger partial charge >= 0.3 is 0 Å². The van der Waals surface area contributed by atoms with Gasteiger partial charge in [-0.2, -0.15) is 0 Å². The summed E-state index contributed by atoms with van der Waals surface area (Å²) in [7, 11) is 0. The zero-order chi connectivity index (χ0) is 9.97. The van der Waals surface area contributed by atoms with Gasteiger partial charge in [-0.05, 0) is 36.7 Å². The van der Waals surface area contributed by atoms with Crippen LogP contribution in [0.4, 0.5) is 0 Å². The van der Waals surface area contributed by atoms with Crippen LogP contribution in [0, 0.1) is 5.92 Å². The second-order valence-corrected chi connectivity index (χ2v) is 4.85. The number of aromatic nitrogens is 2. The van der Waals surface area contributed by atoms with Gasteiger partial charge in [-0.3, -0.25) is 0 Å². The van der Waals surface area contributed by atoms with Crippen LogP contribution in [0.3, 0.4) is 0 Å². The van der Waals surface area contributed by atoms with E-state index < -0.39 is 0 Å². The summed E-state index contributed by atoms with van der Waals surface area (Å²) >= 11 is 1.47. The van der Waals surface area contributed by atoms with Gasteiger partial charge in [0.1, 0.15) is 0 Å². The van der Waals surface area contributed by atoms with Crippen molar-refractivity contribution >= 4 is 11.5 Å². The molecule has 0 amide bonds. The lowest BCUT2D eigenvalue weighted by molar-refractivity contribution is 0.577. The smallest absolute Gasteiger partial charge is 0.0800 e. The Morgan fingerprint density at radius 3 is 3.00 bits per heavy atom. The highest BCUT2D eigenvalue weighted by Gasteiger charge is 2.23. The quantitative estimate of drug-likeness (QED) is 0.813. The van der Waals surface area contributed by atoms with Crippen molar-refractivity contribution in [1.29, 1.82) is 0 Å². The Bertz CT molecular complexity index is 293. The molecule has 14 heavy (non-hydrogen) atoms. The highest BCUT2D eigenvalue weighted by Crippen LogP contribution is 2.36. The van der Waals surface area contributed by atoms with Gasteiger partial charge in [0, 0.05) is 6.04 Å². The molecule has 2 rings (SSSR count). The molecule has 2 N–H and O–H groups in total. The van der Waals surface area contributed by atoms with Gasteiger partial charge in [0.25, 0.3) is 0 Å². The standard InChI is InChI=1S/C10H17N3S/c1-2-9-10(14-13-12-9)8(11)6-5-7-3-4-7/h7-8H,2-6,11H2,1H3. The van der Waals surface area contributed by atoms with E-state index in [1.807, 2.05) is 0 Å². The molecule has 0 aliphatic heterocycles. The summed E-state index contributed by atoms with van der Waals surface area (Å²) in [6.07, 6.45) is 6.15. The Hall–Kier alpha value is -0.480. The maximum atomic E-state index is 6.12. The summed E-state index contributed by atoms with van der Waals surface area (Å²) in [4.78, 5) is 1.20. The van der Waals surface area contributed by atoms with Crippen LogP contribution < -0.4 is 5.73 Å². The Balaban J connectivity index is 1.91. The predicted octanol–water partition coefficient (Wildman–Crippen LogP) is 2.29. The van der Waals surface area contributed by atoms with Gasteiger partial charge in [0.05, 0.1) is 10.6 Å². The third-order valence-corrected chi connectivity index (χ3v) is 3.74. The highest BCUT2D eigenvalue weighted by atomic mass is 32.1. The summed E-state index contributed by atoms with van der Waals surface area (Å²) in [5, 5.41) is 4.09. The zero-order valence-corrected chi connectivity index (χ0v) is 9.39. The fourth-order valence-electron chi connectivity index (χ4n) is 1.70. The van der Waals surface area contributed by atoms with E-state index in [9.17, 15) is 0 Å². The van der Waals surface area contributed by atoms with Crippen molar-refractivity contribution in [2.24, 2.45) is 11.7 Å². The van der Waals surface area contributed by atoms with Crippen molar-refractivity contribution in [3.8, 4) is 0 Å². The van der Waals surface area contributed by atoms with Crippen LogP contribution in [0.1, 0.15) is 49.2 Å². The lowest BCUT2D eigenvalue weighted by Gasteiger charge is -2.09. The minimum atomic E-state index is 0.172. The second kappa shape index (κ2) is 4.36. The van der Waals surface area contributed by atoms with Crippen LogP contribution in [0.25, 0.3) is 0 Å². The molecule has 0 bridgehead atoms. The molecule has 0 saturated heterocycles. The van der Waals surface area contributed by atoms with Crippen LogP contribution in [0.2, 0.25) is 0 Å². The lowest BCUT2D eigenvalue weighted by Crippen LogP contribution is -2.10. The minimum absolute atomic E-state index is 0.172. The number of rotatable bonds is 5. The van der Waals surface area contributed by atoms with E-state index in [0.717, 1.165) is 24.5 Å². The van der Waals surface area contributed by atoms with E-state index in [0.29, 0.717) is 0 Å². The monoisotopic (exact) mass is 211 g/mol. The van der Waals surface area contributed by atoms with Crippen LogP contribution in [0.5, 0.6) is 0 Å². The minimum Gasteiger partial charge on any atom is -0.323 e. The van der Waals surface area contributed by atoms with Crippen LogP contribution in [0.15, 0.2) is 0 Å². The third-order valence-electron chi connectivity index (χ3n) is 2.84. The molecule has 1 aliphatic rings. The molecule has 1 fully saturated rings. The van der Waals surface area contributed by atoms with Gasteiger partial charge in [0.2, 0.25) is 0 Å². The van der Waals surface area contributed by atoms with E-state index in [2.05, 4.69) is 16.5 Å². The molecule has 1 aliphatic carbocycles. The van der Waals surface area contributed by atoms with Crippen molar-refractivity contribution in [1.82, 2.24) is 9.59 Å². The molecule has 0 aromatic carbocycles. The van der Waals surface area contributed by atoms with Crippen LogP contribution in [-0.2, 0) is 6.42 Å². The fraction of sp³-hybridized carbons (Fsp3) is 0.800. The molecule has 1 aromatic heterocycles. The molecular weight excluding hydrogens is 194 g/mol. The molecule has 0 spiro atoms. The lowest BCUT2D eigenvalue weighted by atomic mass is 10.1. The third kappa shape index (κ3) is 2.30. The van der Waals surface area contributed by atoms with Crippen molar-refractivity contribution in [3.63, 3.8) is 0 Å². The molecular formula is C10H17N3S. The summed E-state index contributed by atoms with van der Waals surface area (Å²) in [6.45, 7) is 2.11. The summed E-state index contributed by atoms with van der Waals surface area (Å²) < 4.78 is 3.97. The first-order chi connectivity index (χ1) is 6.81. The molecule has 1 aromatic rings. The Morgan fingerprint density at radius 2 is 2.36 bits per heavy atom. The Morgan fingerprint density at radius 1 is 1.57 bits per heavy atom. The molecule has 4 heteroatoms. The van der Waals surface area contributed by atoms with Gasteiger partial charge in [-0.1, -0.05) is 24.3 Å². The first-order valence-corrected chi connectivity index (χ1v) is 6.15. The largest absolute Gasteiger partial charge is 0.323 e. The number of nitrogens with two attached hydrogens (primary N) is 1.